The van der Waals surface area contributed by atoms with E-state index in [1.165, 1.54) is 6.20 Å². The first kappa shape index (κ1) is 20.3. The lowest BCUT2D eigenvalue weighted by Crippen LogP contribution is -2.20. The minimum absolute atomic E-state index is 0.00795. The molecule has 32 heavy (non-hydrogen) atoms. The monoisotopic (exact) mass is 437 g/mol. The summed E-state index contributed by atoms with van der Waals surface area (Å²) >= 11 is 0. The number of pyridine rings is 2. The highest BCUT2D eigenvalue weighted by Crippen LogP contribution is 2.39. The lowest BCUT2D eigenvalue weighted by Gasteiger charge is -2.22. The molecule has 0 radical (unpaired) electrons. The van der Waals surface area contributed by atoms with Crippen LogP contribution in [-0.4, -0.2) is 35.3 Å². The molecule has 1 aromatic carbocycles. The van der Waals surface area contributed by atoms with Gasteiger partial charge in [0, 0.05) is 35.5 Å². The zero-order valence-corrected chi connectivity index (χ0v) is 17.7. The Morgan fingerprint density at radius 3 is 2.88 bits per heavy atom. The first-order chi connectivity index (χ1) is 15.5. The van der Waals surface area contributed by atoms with Crippen molar-refractivity contribution < 1.29 is 18.7 Å². The fourth-order valence-corrected chi connectivity index (χ4v) is 4.35. The number of halogens is 1. The molecular weight excluding hydrogens is 413 g/mol. The van der Waals surface area contributed by atoms with E-state index in [2.05, 4.69) is 20.6 Å². The number of carbonyl (C=O) groups excluding carboxylic acids is 1. The van der Waals surface area contributed by atoms with E-state index in [9.17, 15) is 4.79 Å². The van der Waals surface area contributed by atoms with E-state index in [-0.39, 0.29) is 11.8 Å². The van der Waals surface area contributed by atoms with Crippen molar-refractivity contribution in [2.24, 2.45) is 0 Å². The van der Waals surface area contributed by atoms with E-state index in [0.29, 0.717) is 46.7 Å². The second-order valence-corrected chi connectivity index (χ2v) is 8.13. The summed E-state index contributed by atoms with van der Waals surface area (Å²) in [6, 6.07) is 3.35. The summed E-state index contributed by atoms with van der Waals surface area (Å²) in [5.74, 6) is 0.276. The van der Waals surface area contributed by atoms with Crippen LogP contribution < -0.4 is 21.1 Å². The van der Waals surface area contributed by atoms with Crippen LogP contribution in [0.2, 0.25) is 0 Å². The number of carbonyl (C=O) groups is 1. The Morgan fingerprint density at radius 2 is 2.06 bits per heavy atom. The van der Waals surface area contributed by atoms with Gasteiger partial charge in [0.05, 0.1) is 5.69 Å². The lowest BCUT2D eigenvalue weighted by molar-refractivity contribution is 0.114. The van der Waals surface area contributed by atoms with E-state index in [1.54, 1.807) is 18.3 Å². The molecule has 2 aromatic heterocycles. The molecule has 3 aromatic rings. The van der Waals surface area contributed by atoms with Crippen LogP contribution in [0.4, 0.5) is 26.4 Å². The average Bonchev–Trinajstić information content (AvgIpc) is 3.30. The van der Waals surface area contributed by atoms with Gasteiger partial charge in [-0.15, -0.1) is 0 Å². The third-order valence-corrected chi connectivity index (χ3v) is 6.04. The number of nitrogens with two attached hydrogens (primary N) is 1. The molecule has 0 bridgehead atoms. The predicted octanol–water partition coefficient (Wildman–Crippen LogP) is 4.62. The van der Waals surface area contributed by atoms with Crippen molar-refractivity contribution in [3.05, 3.63) is 35.9 Å². The number of nitrogen functional groups attached to an aromatic ring is 1. The number of ether oxygens (including phenoxy) is 2. The van der Waals surface area contributed by atoms with Gasteiger partial charge in [-0.1, -0.05) is 0 Å². The van der Waals surface area contributed by atoms with Crippen molar-refractivity contribution in [3.63, 3.8) is 0 Å². The molecule has 0 atom stereocenters. The van der Waals surface area contributed by atoms with Crippen molar-refractivity contribution in [1.29, 1.82) is 0 Å². The summed E-state index contributed by atoms with van der Waals surface area (Å²) in [7, 11) is 0. The quantitative estimate of drug-likeness (QED) is 0.513. The number of anilines is 3. The molecule has 8 nitrogen and oxygen atoms in total. The van der Waals surface area contributed by atoms with Crippen LogP contribution in [0.25, 0.3) is 21.9 Å². The zero-order valence-electron chi connectivity index (χ0n) is 17.7. The number of hydrogen-bond acceptors (Lipinski definition) is 7. The van der Waals surface area contributed by atoms with Crippen molar-refractivity contribution >= 4 is 34.1 Å². The van der Waals surface area contributed by atoms with Gasteiger partial charge in [-0.2, -0.15) is 0 Å². The van der Waals surface area contributed by atoms with Crippen LogP contribution in [0.5, 0.6) is 5.88 Å². The van der Waals surface area contributed by atoms with Gasteiger partial charge in [0.15, 0.2) is 5.82 Å². The first-order valence-corrected chi connectivity index (χ1v) is 10.7. The number of nitrogens with zero attached hydrogens (tertiary/aromatic N) is 2. The van der Waals surface area contributed by atoms with Crippen LogP contribution in [-0.2, 0) is 4.74 Å². The summed E-state index contributed by atoms with van der Waals surface area (Å²) in [6.45, 7) is 3.07. The highest BCUT2D eigenvalue weighted by Gasteiger charge is 2.22. The molecule has 0 unspecified atom stereocenters. The van der Waals surface area contributed by atoms with Crippen molar-refractivity contribution in [2.45, 2.75) is 38.7 Å². The van der Waals surface area contributed by atoms with Crippen molar-refractivity contribution in [2.75, 3.05) is 29.5 Å². The zero-order chi connectivity index (χ0) is 22.2. The number of fused-ring (bicyclic) bond motifs is 2. The highest BCUT2D eigenvalue weighted by molar-refractivity contribution is 5.99. The Morgan fingerprint density at radius 1 is 1.25 bits per heavy atom. The average molecular weight is 437 g/mol. The van der Waals surface area contributed by atoms with E-state index in [4.69, 9.17) is 15.2 Å². The lowest BCUT2D eigenvalue weighted by atomic mass is 9.97. The van der Waals surface area contributed by atoms with Gasteiger partial charge in [0.1, 0.15) is 24.2 Å². The molecule has 5 rings (SSSR count). The maximum atomic E-state index is 15.2. The van der Waals surface area contributed by atoms with Gasteiger partial charge in [-0.25, -0.2) is 19.2 Å². The second kappa shape index (κ2) is 8.14. The molecule has 0 saturated heterocycles. The van der Waals surface area contributed by atoms with Gasteiger partial charge >= 0.3 is 6.09 Å². The minimum Gasteiger partial charge on any atom is -0.474 e. The summed E-state index contributed by atoms with van der Waals surface area (Å²) in [5, 5.41) is 7.03. The number of nitrogens with one attached hydrogen (secondary N) is 2. The normalized spacial score (nSPS) is 15.7. The van der Waals surface area contributed by atoms with Gasteiger partial charge in [-0.3, -0.25) is 5.32 Å². The number of hydrogen-bond donors (Lipinski definition) is 3. The topological polar surface area (TPSA) is 111 Å². The molecule has 1 fully saturated rings. The highest BCUT2D eigenvalue weighted by atomic mass is 19.1. The molecule has 1 aliphatic carbocycles. The third kappa shape index (κ3) is 3.63. The van der Waals surface area contributed by atoms with Gasteiger partial charge < -0.3 is 20.5 Å². The Hall–Kier alpha value is -3.62. The Bertz CT molecular complexity index is 1210. The third-order valence-electron chi connectivity index (χ3n) is 6.04. The number of rotatable bonds is 3. The first-order valence-electron chi connectivity index (χ1n) is 10.7. The number of aromatic nitrogens is 2. The van der Waals surface area contributed by atoms with E-state index in [0.717, 1.165) is 36.9 Å². The summed E-state index contributed by atoms with van der Waals surface area (Å²) in [4.78, 5) is 20.7. The standard InChI is InChI=1S/C23H24FN5O3/c1-12-16(10-28-22-21(12)26-6-7-31-22)15-8-13-9-18(27-11-17(13)20(25)19(15)24)29-23(30)32-14-4-2-3-5-14/h8-11,14,26H,2-7,25H2,1H3,(H,27,29,30). The van der Waals surface area contributed by atoms with Crippen LogP contribution >= 0.6 is 0 Å². The Labute approximate surface area is 184 Å². The molecule has 0 spiro atoms. The summed E-state index contributed by atoms with van der Waals surface area (Å²) in [5.41, 5.74) is 8.61. The Kier molecular flexibility index (Phi) is 5.16. The Balaban J connectivity index is 1.50. The second-order valence-electron chi connectivity index (χ2n) is 8.13. The van der Waals surface area contributed by atoms with Crippen LogP contribution in [0.15, 0.2) is 24.5 Å². The number of benzene rings is 1. The maximum Gasteiger partial charge on any atom is 0.413 e. The van der Waals surface area contributed by atoms with E-state index < -0.39 is 11.9 Å². The fraction of sp³-hybridized carbons (Fsp3) is 0.348. The SMILES string of the molecule is Cc1c(-c2cc3cc(NC(=O)OC4CCCC4)ncc3c(N)c2F)cnc2c1NCCO2. The molecule has 1 amide bonds. The molecule has 9 heteroatoms. The minimum atomic E-state index is -0.542. The smallest absolute Gasteiger partial charge is 0.413 e. The van der Waals surface area contributed by atoms with Crippen molar-refractivity contribution in [3.8, 4) is 17.0 Å². The van der Waals surface area contributed by atoms with Crippen LogP contribution in [0.3, 0.4) is 0 Å². The predicted molar refractivity (Wildman–Crippen MR) is 120 cm³/mol. The molecule has 166 valence electrons. The van der Waals surface area contributed by atoms with Gasteiger partial charge in [0.25, 0.3) is 0 Å². The fourth-order valence-electron chi connectivity index (χ4n) is 4.35. The van der Waals surface area contributed by atoms with Crippen molar-refractivity contribution in [1.82, 2.24) is 9.97 Å². The maximum absolute atomic E-state index is 15.2. The van der Waals surface area contributed by atoms with Gasteiger partial charge in [-0.05, 0) is 55.7 Å². The van der Waals surface area contributed by atoms with E-state index >= 15 is 4.39 Å². The summed E-state index contributed by atoms with van der Waals surface area (Å²) in [6.07, 6.45) is 6.35. The largest absolute Gasteiger partial charge is 0.474 e. The molecule has 4 N–H and O–H groups in total. The summed E-state index contributed by atoms with van der Waals surface area (Å²) < 4.78 is 26.2. The molecule has 1 aliphatic heterocycles. The molecule has 3 heterocycles. The van der Waals surface area contributed by atoms with Crippen LogP contribution in [0, 0.1) is 12.7 Å². The molecule has 2 aliphatic rings. The number of amides is 1. The van der Waals surface area contributed by atoms with Crippen LogP contribution in [0.1, 0.15) is 31.2 Å². The van der Waals surface area contributed by atoms with Gasteiger partial charge in [0.2, 0.25) is 5.88 Å². The molecular formula is C23H24FN5O3. The van der Waals surface area contributed by atoms with E-state index in [1.807, 2.05) is 6.92 Å². The molecule has 1 saturated carbocycles.